The molecule has 2 aromatic heterocycles. The number of piperazine rings is 1. The summed E-state index contributed by atoms with van der Waals surface area (Å²) in [4.78, 5) is 8.42. The van der Waals surface area contributed by atoms with E-state index in [9.17, 15) is 0 Å². The lowest BCUT2D eigenvalue weighted by Gasteiger charge is -2.35. The van der Waals surface area contributed by atoms with Gasteiger partial charge in [-0.1, -0.05) is 0 Å². The number of halogens is 1. The van der Waals surface area contributed by atoms with Crippen LogP contribution in [0.25, 0.3) is 0 Å². The van der Waals surface area contributed by atoms with Crippen molar-refractivity contribution in [1.29, 1.82) is 0 Å². The molecule has 1 aliphatic rings. The second-order valence-electron chi connectivity index (χ2n) is 4.82. The zero-order valence-electron chi connectivity index (χ0n) is 10.8. The molecule has 3 rings (SSSR count). The molecule has 0 saturated carbocycles. The molecule has 0 radical (unpaired) electrons. The molecule has 1 saturated heterocycles. The Morgan fingerprint density at radius 2 is 2.47 bits per heavy atom. The second-order valence-corrected chi connectivity index (χ2v) is 6.73. The summed E-state index contributed by atoms with van der Waals surface area (Å²) in [5, 5.41) is 5.62. The Labute approximate surface area is 125 Å². The predicted octanol–water partition coefficient (Wildman–Crippen LogP) is 2.39. The number of nitrogens with one attached hydrogen (secondary N) is 1. The maximum Gasteiger partial charge on any atom is 0.127 e. The van der Waals surface area contributed by atoms with Crippen LogP contribution >= 0.6 is 27.3 Å². The zero-order valence-corrected chi connectivity index (χ0v) is 13.2. The molecule has 0 aromatic carbocycles. The van der Waals surface area contributed by atoms with E-state index >= 15 is 0 Å². The van der Waals surface area contributed by atoms with Crippen LogP contribution in [0.5, 0.6) is 0 Å². The average molecular weight is 341 g/mol. The monoisotopic (exact) mass is 340 g/mol. The Kier molecular flexibility index (Phi) is 4.02. The van der Waals surface area contributed by atoms with Crippen LogP contribution in [-0.2, 0) is 13.6 Å². The van der Waals surface area contributed by atoms with Gasteiger partial charge in [-0.2, -0.15) is 0 Å². The summed E-state index contributed by atoms with van der Waals surface area (Å²) in [7, 11) is 2.07. The molecule has 0 aliphatic carbocycles. The van der Waals surface area contributed by atoms with Crippen molar-refractivity contribution in [1.82, 2.24) is 19.8 Å². The number of aryl methyl sites for hydroxylation is 1. The van der Waals surface area contributed by atoms with Gasteiger partial charge in [0.05, 0.1) is 6.04 Å². The molecule has 1 fully saturated rings. The fraction of sp³-hybridized carbons (Fsp3) is 0.462. The molecule has 19 heavy (non-hydrogen) atoms. The molecule has 2 aromatic rings. The fourth-order valence-corrected chi connectivity index (χ4v) is 4.00. The summed E-state index contributed by atoms with van der Waals surface area (Å²) in [6.07, 6.45) is 3.90. The molecule has 1 atom stereocenters. The van der Waals surface area contributed by atoms with E-state index in [4.69, 9.17) is 0 Å². The van der Waals surface area contributed by atoms with E-state index < -0.39 is 0 Å². The first kappa shape index (κ1) is 13.3. The van der Waals surface area contributed by atoms with Crippen molar-refractivity contribution >= 4 is 27.3 Å². The minimum atomic E-state index is 0.356. The third kappa shape index (κ3) is 2.91. The summed E-state index contributed by atoms with van der Waals surface area (Å²) < 4.78 is 3.30. The van der Waals surface area contributed by atoms with Crippen molar-refractivity contribution in [3.8, 4) is 0 Å². The number of aromatic nitrogens is 2. The third-order valence-corrected chi connectivity index (χ3v) is 5.17. The Balaban J connectivity index is 1.79. The van der Waals surface area contributed by atoms with Gasteiger partial charge >= 0.3 is 0 Å². The van der Waals surface area contributed by atoms with Crippen LogP contribution in [0.2, 0.25) is 0 Å². The standard InChI is InChI=1S/C13H17BrN4S/c1-17-4-3-16-13(17)12-7-15-2-5-18(12)8-11-6-10(14)9-19-11/h3-4,6,9,12,15H,2,5,7-8H2,1H3. The van der Waals surface area contributed by atoms with Gasteiger partial charge in [0.2, 0.25) is 0 Å². The SMILES string of the molecule is Cn1ccnc1C1CNCCN1Cc1cc(Br)cs1. The van der Waals surface area contributed by atoms with E-state index in [1.54, 1.807) is 0 Å². The number of thiophene rings is 1. The normalized spacial score (nSPS) is 20.8. The summed E-state index contributed by atoms with van der Waals surface area (Å²) in [5.74, 6) is 1.14. The van der Waals surface area contributed by atoms with Gasteiger partial charge in [-0.05, 0) is 22.0 Å². The molecule has 4 nitrogen and oxygen atoms in total. The topological polar surface area (TPSA) is 33.1 Å². The van der Waals surface area contributed by atoms with Gasteiger partial charge in [0, 0.05) is 60.4 Å². The lowest BCUT2D eigenvalue weighted by atomic mass is 10.1. The van der Waals surface area contributed by atoms with Crippen molar-refractivity contribution in [3.05, 3.63) is 39.0 Å². The minimum Gasteiger partial charge on any atom is -0.337 e. The molecule has 1 N–H and O–H groups in total. The van der Waals surface area contributed by atoms with E-state index in [-0.39, 0.29) is 0 Å². The van der Waals surface area contributed by atoms with Crippen molar-refractivity contribution in [2.75, 3.05) is 19.6 Å². The number of nitrogens with zero attached hydrogens (tertiary/aromatic N) is 3. The summed E-state index contributed by atoms with van der Waals surface area (Å²) in [6.45, 7) is 4.08. The zero-order chi connectivity index (χ0) is 13.2. The van der Waals surface area contributed by atoms with Gasteiger partial charge in [-0.25, -0.2) is 4.98 Å². The highest BCUT2D eigenvalue weighted by atomic mass is 79.9. The van der Waals surface area contributed by atoms with E-state index in [1.165, 1.54) is 9.35 Å². The lowest BCUT2D eigenvalue weighted by molar-refractivity contribution is 0.146. The van der Waals surface area contributed by atoms with Crippen LogP contribution in [0.15, 0.2) is 28.3 Å². The molecule has 0 spiro atoms. The summed E-state index contributed by atoms with van der Waals surface area (Å²) in [5.41, 5.74) is 0. The maximum atomic E-state index is 4.51. The van der Waals surface area contributed by atoms with Gasteiger partial charge in [-0.3, -0.25) is 4.90 Å². The van der Waals surface area contributed by atoms with Crippen LogP contribution in [0.4, 0.5) is 0 Å². The molecule has 102 valence electrons. The molecule has 1 aliphatic heterocycles. The molecule has 0 amide bonds. The van der Waals surface area contributed by atoms with Crippen LogP contribution < -0.4 is 5.32 Å². The van der Waals surface area contributed by atoms with Gasteiger partial charge in [0.25, 0.3) is 0 Å². The highest BCUT2D eigenvalue weighted by Gasteiger charge is 2.26. The Bertz CT molecular complexity index is 550. The maximum absolute atomic E-state index is 4.51. The van der Waals surface area contributed by atoms with Crippen molar-refractivity contribution in [2.45, 2.75) is 12.6 Å². The Hall–Kier alpha value is -0.690. The molecule has 0 bridgehead atoms. The van der Waals surface area contributed by atoms with Crippen molar-refractivity contribution < 1.29 is 0 Å². The smallest absolute Gasteiger partial charge is 0.127 e. The van der Waals surface area contributed by atoms with E-state index in [0.717, 1.165) is 32.0 Å². The van der Waals surface area contributed by atoms with Gasteiger partial charge in [-0.15, -0.1) is 11.3 Å². The Morgan fingerprint density at radius 1 is 1.58 bits per heavy atom. The van der Waals surface area contributed by atoms with Crippen LogP contribution in [-0.4, -0.2) is 34.1 Å². The first-order chi connectivity index (χ1) is 9.24. The van der Waals surface area contributed by atoms with Crippen molar-refractivity contribution in [2.24, 2.45) is 7.05 Å². The number of rotatable bonds is 3. The highest BCUT2D eigenvalue weighted by Crippen LogP contribution is 2.26. The van der Waals surface area contributed by atoms with Crippen LogP contribution in [0.3, 0.4) is 0 Å². The Morgan fingerprint density at radius 3 is 3.16 bits per heavy atom. The highest BCUT2D eigenvalue weighted by molar-refractivity contribution is 9.10. The fourth-order valence-electron chi connectivity index (χ4n) is 2.53. The van der Waals surface area contributed by atoms with Gasteiger partial charge < -0.3 is 9.88 Å². The van der Waals surface area contributed by atoms with Crippen LogP contribution in [0.1, 0.15) is 16.7 Å². The molecular weight excluding hydrogens is 324 g/mol. The predicted molar refractivity (Wildman–Crippen MR) is 81.2 cm³/mol. The first-order valence-electron chi connectivity index (χ1n) is 6.39. The molecule has 1 unspecified atom stereocenters. The van der Waals surface area contributed by atoms with Gasteiger partial charge in [0.1, 0.15) is 5.82 Å². The van der Waals surface area contributed by atoms with E-state index in [0.29, 0.717) is 6.04 Å². The number of hydrogen-bond donors (Lipinski definition) is 1. The molecule has 3 heterocycles. The lowest BCUT2D eigenvalue weighted by Crippen LogP contribution is -2.46. The first-order valence-corrected chi connectivity index (χ1v) is 8.06. The van der Waals surface area contributed by atoms with Crippen molar-refractivity contribution in [3.63, 3.8) is 0 Å². The number of hydrogen-bond acceptors (Lipinski definition) is 4. The molecular formula is C13H17BrN4S. The average Bonchev–Trinajstić information content (AvgIpc) is 2.99. The van der Waals surface area contributed by atoms with E-state index in [1.807, 2.05) is 23.7 Å². The van der Waals surface area contributed by atoms with Gasteiger partial charge in [0.15, 0.2) is 0 Å². The van der Waals surface area contributed by atoms with E-state index in [2.05, 4.69) is 54.2 Å². The second kappa shape index (κ2) is 5.75. The van der Waals surface area contributed by atoms with Crippen LogP contribution in [0, 0.1) is 0 Å². The summed E-state index contributed by atoms with van der Waals surface area (Å²) in [6, 6.07) is 2.57. The molecule has 6 heteroatoms. The number of imidazole rings is 1. The minimum absolute atomic E-state index is 0.356. The third-order valence-electron chi connectivity index (χ3n) is 3.49. The quantitative estimate of drug-likeness (QED) is 0.931. The largest absolute Gasteiger partial charge is 0.337 e. The summed E-state index contributed by atoms with van der Waals surface area (Å²) >= 11 is 5.34.